The van der Waals surface area contributed by atoms with Crippen molar-refractivity contribution in [2.45, 2.75) is 33.4 Å². The van der Waals surface area contributed by atoms with E-state index in [1.165, 1.54) is 5.56 Å². The van der Waals surface area contributed by atoms with Crippen LogP contribution in [0.5, 0.6) is 11.5 Å². The van der Waals surface area contributed by atoms with Gasteiger partial charge in [-0.05, 0) is 42.7 Å². The number of rotatable bonds is 7. The van der Waals surface area contributed by atoms with Gasteiger partial charge >= 0.3 is 0 Å². The number of hydrogen-bond acceptors (Lipinski definition) is 4. The highest BCUT2D eigenvalue weighted by molar-refractivity contribution is 5.41. The number of phenols is 1. The number of phenolic OH excluding ortho intramolecular Hbond substituents is 1. The second-order valence-electron chi connectivity index (χ2n) is 4.80. The number of aromatic nitrogens is 1. The number of nitrogens with zero attached hydrogens (tertiary/aromatic N) is 1. The molecule has 112 valence electrons. The highest BCUT2D eigenvalue weighted by Gasteiger charge is 2.04. The van der Waals surface area contributed by atoms with Gasteiger partial charge in [0.1, 0.15) is 0 Å². The van der Waals surface area contributed by atoms with Crippen molar-refractivity contribution < 1.29 is 9.84 Å². The Labute approximate surface area is 125 Å². The fourth-order valence-corrected chi connectivity index (χ4v) is 2.22. The van der Waals surface area contributed by atoms with Gasteiger partial charge in [-0.2, -0.15) is 0 Å². The van der Waals surface area contributed by atoms with Gasteiger partial charge in [0.05, 0.1) is 12.3 Å². The first-order valence-electron chi connectivity index (χ1n) is 7.32. The van der Waals surface area contributed by atoms with Gasteiger partial charge in [-0.25, -0.2) is 0 Å². The predicted molar refractivity (Wildman–Crippen MR) is 83.4 cm³/mol. The van der Waals surface area contributed by atoms with E-state index in [4.69, 9.17) is 4.74 Å². The Morgan fingerprint density at radius 2 is 2.05 bits per heavy atom. The number of aryl methyl sites for hydroxylation is 1. The van der Waals surface area contributed by atoms with Crippen LogP contribution in [0, 0.1) is 0 Å². The minimum Gasteiger partial charge on any atom is -0.504 e. The van der Waals surface area contributed by atoms with Gasteiger partial charge in [0.2, 0.25) is 0 Å². The zero-order chi connectivity index (χ0) is 15.1. The number of nitrogens with one attached hydrogen (secondary N) is 1. The quantitative estimate of drug-likeness (QED) is 0.821. The summed E-state index contributed by atoms with van der Waals surface area (Å²) in [4.78, 5) is 4.41. The lowest BCUT2D eigenvalue weighted by molar-refractivity contribution is 0.317. The standard InChI is InChI=1S/C17H22N2O2/c1-3-14-6-5-9-19-15(14)12-18-11-13-7-8-16(20)17(10-13)21-4-2/h5-10,18,20H,3-4,11-12H2,1-2H3. The van der Waals surface area contributed by atoms with E-state index in [-0.39, 0.29) is 5.75 Å². The molecule has 0 saturated carbocycles. The van der Waals surface area contributed by atoms with Crippen LogP contribution in [0.1, 0.15) is 30.7 Å². The zero-order valence-corrected chi connectivity index (χ0v) is 12.6. The molecule has 1 heterocycles. The first kappa shape index (κ1) is 15.3. The lowest BCUT2D eigenvalue weighted by atomic mass is 10.1. The third kappa shape index (κ3) is 4.20. The molecule has 0 saturated heterocycles. The van der Waals surface area contributed by atoms with E-state index in [2.05, 4.69) is 23.3 Å². The molecule has 21 heavy (non-hydrogen) atoms. The fourth-order valence-electron chi connectivity index (χ4n) is 2.22. The van der Waals surface area contributed by atoms with Gasteiger partial charge < -0.3 is 15.2 Å². The second kappa shape index (κ2) is 7.64. The summed E-state index contributed by atoms with van der Waals surface area (Å²) < 4.78 is 5.39. The Balaban J connectivity index is 1.95. The molecule has 2 N–H and O–H groups in total. The zero-order valence-electron chi connectivity index (χ0n) is 12.6. The van der Waals surface area contributed by atoms with E-state index in [1.54, 1.807) is 6.07 Å². The lowest BCUT2D eigenvalue weighted by Gasteiger charge is -2.10. The first-order chi connectivity index (χ1) is 10.2. The summed E-state index contributed by atoms with van der Waals surface area (Å²) in [5.41, 5.74) is 3.43. The molecule has 1 aromatic heterocycles. The van der Waals surface area contributed by atoms with E-state index in [0.717, 1.165) is 24.2 Å². The van der Waals surface area contributed by atoms with E-state index >= 15 is 0 Å². The molecule has 0 atom stereocenters. The molecule has 0 aliphatic rings. The Bertz CT molecular complexity index is 585. The maximum absolute atomic E-state index is 9.68. The Morgan fingerprint density at radius 1 is 1.19 bits per heavy atom. The van der Waals surface area contributed by atoms with Crippen molar-refractivity contribution in [3.8, 4) is 11.5 Å². The summed E-state index contributed by atoms with van der Waals surface area (Å²) in [5.74, 6) is 0.711. The van der Waals surface area contributed by atoms with Crippen molar-refractivity contribution in [2.75, 3.05) is 6.61 Å². The number of benzene rings is 1. The van der Waals surface area contributed by atoms with E-state index in [1.807, 2.05) is 31.3 Å². The Morgan fingerprint density at radius 3 is 2.81 bits per heavy atom. The van der Waals surface area contributed by atoms with E-state index < -0.39 is 0 Å². The normalized spacial score (nSPS) is 10.6. The first-order valence-corrected chi connectivity index (χ1v) is 7.32. The van der Waals surface area contributed by atoms with Crippen LogP contribution in [-0.2, 0) is 19.5 Å². The molecular formula is C17H22N2O2. The van der Waals surface area contributed by atoms with Crippen molar-refractivity contribution in [2.24, 2.45) is 0 Å². The Hall–Kier alpha value is -2.07. The van der Waals surface area contributed by atoms with Gasteiger partial charge in [-0.3, -0.25) is 4.98 Å². The molecule has 2 aromatic rings. The highest BCUT2D eigenvalue weighted by Crippen LogP contribution is 2.26. The molecule has 0 aliphatic carbocycles. The van der Waals surface area contributed by atoms with Gasteiger partial charge in [0.15, 0.2) is 11.5 Å². The number of aromatic hydroxyl groups is 1. The van der Waals surface area contributed by atoms with Crippen LogP contribution in [0.15, 0.2) is 36.5 Å². The molecule has 2 rings (SSSR count). The molecule has 1 aromatic carbocycles. The van der Waals surface area contributed by atoms with Crippen LogP contribution in [-0.4, -0.2) is 16.7 Å². The monoisotopic (exact) mass is 286 g/mol. The summed E-state index contributed by atoms with van der Waals surface area (Å²) in [7, 11) is 0. The molecule has 0 bridgehead atoms. The SMILES string of the molecule is CCOc1cc(CNCc2ncccc2CC)ccc1O. The maximum atomic E-state index is 9.68. The third-order valence-electron chi connectivity index (χ3n) is 3.31. The van der Waals surface area contributed by atoms with Crippen LogP contribution in [0.4, 0.5) is 0 Å². The van der Waals surface area contributed by atoms with Crippen molar-refractivity contribution >= 4 is 0 Å². The third-order valence-corrected chi connectivity index (χ3v) is 3.31. The van der Waals surface area contributed by atoms with Crippen molar-refractivity contribution in [1.82, 2.24) is 10.3 Å². The van der Waals surface area contributed by atoms with Gasteiger partial charge in [-0.15, -0.1) is 0 Å². The lowest BCUT2D eigenvalue weighted by Crippen LogP contribution is -2.15. The van der Waals surface area contributed by atoms with E-state index in [0.29, 0.717) is 18.9 Å². The fraction of sp³-hybridized carbons (Fsp3) is 0.353. The maximum Gasteiger partial charge on any atom is 0.161 e. The topological polar surface area (TPSA) is 54.4 Å². The second-order valence-corrected chi connectivity index (χ2v) is 4.80. The van der Waals surface area contributed by atoms with Gasteiger partial charge in [0, 0.05) is 19.3 Å². The van der Waals surface area contributed by atoms with Crippen molar-refractivity contribution in [1.29, 1.82) is 0 Å². The molecule has 4 nitrogen and oxygen atoms in total. The predicted octanol–water partition coefficient (Wildman–Crippen LogP) is 3.04. The molecule has 0 spiro atoms. The molecule has 4 heteroatoms. The molecule has 0 radical (unpaired) electrons. The van der Waals surface area contributed by atoms with Crippen LogP contribution < -0.4 is 10.1 Å². The summed E-state index contributed by atoms with van der Waals surface area (Å²) in [6, 6.07) is 9.50. The average molecular weight is 286 g/mol. The van der Waals surface area contributed by atoms with Gasteiger partial charge in [-0.1, -0.05) is 19.1 Å². The summed E-state index contributed by atoms with van der Waals surface area (Å²) in [5, 5.41) is 13.1. The van der Waals surface area contributed by atoms with Crippen LogP contribution >= 0.6 is 0 Å². The van der Waals surface area contributed by atoms with E-state index in [9.17, 15) is 5.11 Å². The Kier molecular flexibility index (Phi) is 5.58. The number of ether oxygens (including phenoxy) is 1. The van der Waals surface area contributed by atoms with Gasteiger partial charge in [0.25, 0.3) is 0 Å². The minimum absolute atomic E-state index is 0.179. The molecule has 0 aliphatic heterocycles. The molecule has 0 unspecified atom stereocenters. The smallest absolute Gasteiger partial charge is 0.161 e. The van der Waals surface area contributed by atoms with Crippen LogP contribution in [0.3, 0.4) is 0 Å². The van der Waals surface area contributed by atoms with Crippen LogP contribution in [0.2, 0.25) is 0 Å². The van der Waals surface area contributed by atoms with Crippen molar-refractivity contribution in [3.63, 3.8) is 0 Å². The van der Waals surface area contributed by atoms with Crippen LogP contribution in [0.25, 0.3) is 0 Å². The average Bonchev–Trinajstić information content (AvgIpc) is 2.51. The summed E-state index contributed by atoms with van der Waals surface area (Å²) in [6.07, 6.45) is 2.81. The summed E-state index contributed by atoms with van der Waals surface area (Å²) >= 11 is 0. The van der Waals surface area contributed by atoms with Crippen molar-refractivity contribution in [3.05, 3.63) is 53.3 Å². The highest BCUT2D eigenvalue weighted by atomic mass is 16.5. The molecule has 0 amide bonds. The summed E-state index contributed by atoms with van der Waals surface area (Å²) in [6.45, 7) is 6.01. The number of hydrogen-bond donors (Lipinski definition) is 2. The molecule has 0 fully saturated rings. The minimum atomic E-state index is 0.179. The molecular weight excluding hydrogens is 264 g/mol. The largest absolute Gasteiger partial charge is 0.504 e. The number of pyridine rings is 1.